The van der Waals surface area contributed by atoms with Gasteiger partial charge in [0.1, 0.15) is 5.65 Å². The van der Waals surface area contributed by atoms with Crippen LogP contribution >= 0.6 is 11.6 Å². The van der Waals surface area contributed by atoms with Crippen molar-refractivity contribution >= 4 is 23.2 Å². The van der Waals surface area contributed by atoms with Gasteiger partial charge in [0.15, 0.2) is 10.8 Å². The lowest BCUT2D eigenvalue weighted by Crippen LogP contribution is -2.42. The molecule has 0 fully saturated rings. The quantitative estimate of drug-likeness (QED) is 0.941. The van der Waals surface area contributed by atoms with E-state index in [1.165, 1.54) is 0 Å². The van der Waals surface area contributed by atoms with E-state index in [-0.39, 0.29) is 17.6 Å². The Morgan fingerprint density at radius 3 is 2.80 bits per heavy atom. The summed E-state index contributed by atoms with van der Waals surface area (Å²) in [4.78, 5) is 18.3. The van der Waals surface area contributed by atoms with Crippen LogP contribution in [0.3, 0.4) is 0 Å². The van der Waals surface area contributed by atoms with Crippen molar-refractivity contribution in [2.45, 2.75) is 26.4 Å². The molecule has 0 aromatic carbocycles. The molecular formula is C14H18ClN3O2. The monoisotopic (exact) mass is 295 g/mol. The lowest BCUT2D eigenvalue weighted by molar-refractivity contribution is 0.0311. The fourth-order valence-corrected chi connectivity index (χ4v) is 2.36. The third-order valence-corrected chi connectivity index (χ3v) is 3.20. The summed E-state index contributed by atoms with van der Waals surface area (Å²) >= 11 is 6.09. The number of hydrogen-bond donors (Lipinski definition) is 1. The molecule has 0 unspecified atom stereocenters. The molecule has 2 aromatic rings. The standard InChI is InChI=1S/C14H18ClN3O2/c1-4-17(9-14(2,3)20)13(19)11-12(15)16-10-7-5-6-8-18(10)11/h5-8,20H,4,9H2,1-3H3. The summed E-state index contributed by atoms with van der Waals surface area (Å²) in [5.74, 6) is -0.238. The van der Waals surface area contributed by atoms with Gasteiger partial charge in [-0.1, -0.05) is 17.7 Å². The van der Waals surface area contributed by atoms with Crippen molar-refractivity contribution < 1.29 is 9.90 Å². The number of halogens is 1. The SMILES string of the molecule is CCN(CC(C)(C)O)C(=O)c1c(Cl)nc2ccccn12. The van der Waals surface area contributed by atoms with Gasteiger partial charge in [0, 0.05) is 19.3 Å². The average Bonchev–Trinajstić information content (AvgIpc) is 2.70. The third kappa shape index (κ3) is 2.94. The predicted molar refractivity (Wildman–Crippen MR) is 78.1 cm³/mol. The largest absolute Gasteiger partial charge is 0.389 e. The van der Waals surface area contributed by atoms with Crippen LogP contribution in [0.25, 0.3) is 5.65 Å². The molecule has 0 saturated carbocycles. The molecule has 1 N–H and O–H groups in total. The fourth-order valence-electron chi connectivity index (χ4n) is 2.10. The van der Waals surface area contributed by atoms with Gasteiger partial charge in [0.2, 0.25) is 0 Å². The number of rotatable bonds is 4. The Bertz CT molecular complexity index is 631. The highest BCUT2D eigenvalue weighted by molar-refractivity contribution is 6.32. The molecule has 0 atom stereocenters. The van der Waals surface area contributed by atoms with E-state index >= 15 is 0 Å². The van der Waals surface area contributed by atoms with Crippen LogP contribution in [-0.2, 0) is 0 Å². The van der Waals surface area contributed by atoms with Gasteiger partial charge < -0.3 is 10.0 Å². The number of aliphatic hydroxyl groups is 1. The summed E-state index contributed by atoms with van der Waals surface area (Å²) in [5.41, 5.74) is -0.00734. The van der Waals surface area contributed by atoms with E-state index in [4.69, 9.17) is 11.6 Å². The van der Waals surface area contributed by atoms with Gasteiger partial charge in [-0.2, -0.15) is 0 Å². The first kappa shape index (κ1) is 14.8. The molecule has 0 bridgehead atoms. The molecule has 1 amide bonds. The molecule has 0 aliphatic carbocycles. The maximum absolute atomic E-state index is 12.6. The van der Waals surface area contributed by atoms with Crippen LogP contribution in [0.1, 0.15) is 31.3 Å². The van der Waals surface area contributed by atoms with E-state index in [1.807, 2.05) is 19.1 Å². The van der Waals surface area contributed by atoms with Crippen molar-refractivity contribution in [2.75, 3.05) is 13.1 Å². The van der Waals surface area contributed by atoms with Crippen molar-refractivity contribution in [1.29, 1.82) is 0 Å². The fraction of sp³-hybridized carbons (Fsp3) is 0.429. The normalized spacial score (nSPS) is 11.8. The van der Waals surface area contributed by atoms with Crippen molar-refractivity contribution in [2.24, 2.45) is 0 Å². The number of likely N-dealkylation sites (N-methyl/N-ethyl adjacent to an activating group) is 1. The number of amides is 1. The van der Waals surface area contributed by atoms with E-state index in [9.17, 15) is 9.90 Å². The van der Waals surface area contributed by atoms with Crippen LogP contribution < -0.4 is 0 Å². The molecule has 2 rings (SSSR count). The number of fused-ring (bicyclic) bond motifs is 1. The minimum atomic E-state index is -0.960. The zero-order valence-electron chi connectivity index (χ0n) is 11.8. The highest BCUT2D eigenvalue weighted by Crippen LogP contribution is 2.20. The first-order valence-electron chi connectivity index (χ1n) is 6.47. The Labute approximate surface area is 122 Å². The lowest BCUT2D eigenvalue weighted by atomic mass is 10.1. The Kier molecular flexibility index (Phi) is 4.01. The Balaban J connectivity index is 2.42. The molecule has 6 heteroatoms. The second-order valence-corrected chi connectivity index (χ2v) is 5.67. The Hall–Kier alpha value is -1.59. The van der Waals surface area contributed by atoms with Crippen LogP contribution in [-0.4, -0.2) is 44.0 Å². The molecule has 108 valence electrons. The minimum absolute atomic E-state index is 0.176. The van der Waals surface area contributed by atoms with E-state index < -0.39 is 5.60 Å². The van der Waals surface area contributed by atoms with Gasteiger partial charge >= 0.3 is 0 Å². The zero-order valence-corrected chi connectivity index (χ0v) is 12.6. The van der Waals surface area contributed by atoms with Crippen LogP contribution in [0.5, 0.6) is 0 Å². The highest BCUT2D eigenvalue weighted by Gasteiger charge is 2.26. The van der Waals surface area contributed by atoms with Crippen molar-refractivity contribution in [1.82, 2.24) is 14.3 Å². The maximum Gasteiger partial charge on any atom is 0.274 e. The molecule has 2 heterocycles. The topological polar surface area (TPSA) is 57.8 Å². The highest BCUT2D eigenvalue weighted by atomic mass is 35.5. The number of nitrogens with zero attached hydrogens (tertiary/aromatic N) is 3. The molecule has 0 saturated heterocycles. The number of imidazole rings is 1. The second kappa shape index (κ2) is 5.42. The summed E-state index contributed by atoms with van der Waals surface area (Å²) in [5, 5.41) is 10.1. The zero-order chi connectivity index (χ0) is 14.9. The van der Waals surface area contributed by atoms with Crippen molar-refractivity contribution in [3.8, 4) is 0 Å². The first-order valence-corrected chi connectivity index (χ1v) is 6.85. The second-order valence-electron chi connectivity index (χ2n) is 5.31. The summed E-state index contributed by atoms with van der Waals surface area (Å²) in [6, 6.07) is 5.43. The van der Waals surface area contributed by atoms with Crippen LogP contribution in [0.2, 0.25) is 5.15 Å². The predicted octanol–water partition coefficient (Wildman–Crippen LogP) is 2.22. The Morgan fingerprint density at radius 1 is 1.50 bits per heavy atom. The summed E-state index contributed by atoms with van der Waals surface area (Å²) in [6.07, 6.45) is 1.75. The van der Waals surface area contributed by atoms with E-state index in [2.05, 4.69) is 4.98 Å². The number of carbonyl (C=O) groups is 1. The van der Waals surface area contributed by atoms with Crippen LogP contribution in [0.4, 0.5) is 0 Å². The Morgan fingerprint density at radius 2 is 2.20 bits per heavy atom. The molecule has 0 spiro atoms. The van der Waals surface area contributed by atoms with E-state index in [1.54, 1.807) is 35.4 Å². The summed E-state index contributed by atoms with van der Waals surface area (Å²) in [7, 11) is 0. The third-order valence-electron chi connectivity index (χ3n) is 2.94. The van der Waals surface area contributed by atoms with Gasteiger partial charge in [0.05, 0.1) is 5.60 Å². The molecular weight excluding hydrogens is 278 g/mol. The van der Waals surface area contributed by atoms with Crippen molar-refractivity contribution in [3.05, 3.63) is 35.2 Å². The molecule has 0 radical (unpaired) electrons. The van der Waals surface area contributed by atoms with E-state index in [0.29, 0.717) is 17.9 Å². The van der Waals surface area contributed by atoms with Gasteiger partial charge in [-0.25, -0.2) is 4.98 Å². The van der Waals surface area contributed by atoms with Crippen LogP contribution in [0.15, 0.2) is 24.4 Å². The molecule has 0 aliphatic heterocycles. The smallest absolute Gasteiger partial charge is 0.274 e. The van der Waals surface area contributed by atoms with Gasteiger partial charge in [-0.3, -0.25) is 9.20 Å². The van der Waals surface area contributed by atoms with E-state index in [0.717, 1.165) is 0 Å². The van der Waals surface area contributed by atoms with Gasteiger partial charge in [0.25, 0.3) is 5.91 Å². The number of carbonyl (C=O) groups excluding carboxylic acids is 1. The van der Waals surface area contributed by atoms with Gasteiger partial charge in [-0.05, 0) is 32.9 Å². The molecule has 20 heavy (non-hydrogen) atoms. The lowest BCUT2D eigenvalue weighted by Gasteiger charge is -2.28. The molecule has 0 aliphatic rings. The summed E-state index contributed by atoms with van der Waals surface area (Å²) in [6.45, 7) is 5.91. The van der Waals surface area contributed by atoms with Gasteiger partial charge in [-0.15, -0.1) is 0 Å². The average molecular weight is 296 g/mol. The number of aromatic nitrogens is 2. The number of hydrogen-bond acceptors (Lipinski definition) is 3. The minimum Gasteiger partial charge on any atom is -0.389 e. The van der Waals surface area contributed by atoms with Crippen LogP contribution in [0, 0.1) is 0 Å². The molecule has 5 nitrogen and oxygen atoms in total. The first-order chi connectivity index (χ1) is 9.33. The van der Waals surface area contributed by atoms with Crippen molar-refractivity contribution in [3.63, 3.8) is 0 Å². The molecule has 2 aromatic heterocycles. The maximum atomic E-state index is 12.6. The number of pyridine rings is 1. The summed E-state index contributed by atoms with van der Waals surface area (Å²) < 4.78 is 1.66.